The molecule has 0 atom stereocenters. The average Bonchev–Trinajstić information content (AvgIpc) is 2.55. The van der Waals surface area contributed by atoms with E-state index in [-0.39, 0.29) is 11.9 Å². The van der Waals surface area contributed by atoms with Crippen LogP contribution in [0.2, 0.25) is 0 Å². The molecule has 0 radical (unpaired) electrons. The number of aromatic nitrogens is 2. The zero-order chi connectivity index (χ0) is 14.7. The first-order valence-corrected chi connectivity index (χ1v) is 6.34. The van der Waals surface area contributed by atoms with Gasteiger partial charge in [-0.15, -0.1) is 0 Å². The van der Waals surface area contributed by atoms with Crippen molar-refractivity contribution in [1.82, 2.24) is 9.97 Å². The van der Waals surface area contributed by atoms with E-state index in [0.717, 1.165) is 0 Å². The van der Waals surface area contributed by atoms with Gasteiger partial charge in [0.15, 0.2) is 11.5 Å². The Kier molecular flexibility index (Phi) is 3.55. The van der Waals surface area contributed by atoms with Crippen LogP contribution in [0.5, 0.6) is 17.5 Å². The molecule has 1 aromatic heterocycles. The lowest BCUT2D eigenvalue weighted by atomic mass is 10.1. The molecule has 2 aromatic rings. The summed E-state index contributed by atoms with van der Waals surface area (Å²) in [7, 11) is 1.47. The standard InChI is InChI=1S/C14H13N3O4/c1-19-14-15-7-9(8-16-14)17-13(18)10-3-2-4-11-12(10)21-6-5-20-11/h2-4,7-8H,5-6H2,1H3,(H,17,18). The number of carbonyl (C=O) groups excluding carboxylic acids is 1. The number of ether oxygens (including phenoxy) is 3. The van der Waals surface area contributed by atoms with Crippen LogP contribution in [0.4, 0.5) is 5.69 Å². The highest BCUT2D eigenvalue weighted by Crippen LogP contribution is 2.33. The van der Waals surface area contributed by atoms with Crippen LogP contribution in [0, 0.1) is 0 Å². The van der Waals surface area contributed by atoms with Crippen LogP contribution in [0.3, 0.4) is 0 Å². The lowest BCUT2D eigenvalue weighted by molar-refractivity contribution is 0.101. The predicted molar refractivity (Wildman–Crippen MR) is 74.0 cm³/mol. The largest absolute Gasteiger partial charge is 0.486 e. The van der Waals surface area contributed by atoms with Crippen LogP contribution in [0.15, 0.2) is 30.6 Å². The number of amides is 1. The SMILES string of the molecule is COc1ncc(NC(=O)c2cccc3c2OCCO3)cn1. The lowest BCUT2D eigenvalue weighted by Gasteiger charge is -2.20. The molecular weight excluding hydrogens is 274 g/mol. The zero-order valence-corrected chi connectivity index (χ0v) is 11.3. The van der Waals surface area contributed by atoms with Crippen molar-refractivity contribution in [1.29, 1.82) is 0 Å². The average molecular weight is 287 g/mol. The first kappa shape index (κ1) is 13.2. The third-order valence-corrected chi connectivity index (χ3v) is 2.88. The number of carbonyl (C=O) groups is 1. The molecule has 0 aliphatic carbocycles. The zero-order valence-electron chi connectivity index (χ0n) is 11.3. The molecule has 7 heteroatoms. The van der Waals surface area contributed by atoms with Crippen molar-refractivity contribution < 1.29 is 19.0 Å². The smallest absolute Gasteiger partial charge is 0.316 e. The third kappa shape index (κ3) is 2.71. The maximum Gasteiger partial charge on any atom is 0.316 e. The summed E-state index contributed by atoms with van der Waals surface area (Å²) in [6.07, 6.45) is 2.94. The van der Waals surface area contributed by atoms with E-state index < -0.39 is 0 Å². The van der Waals surface area contributed by atoms with Gasteiger partial charge in [-0.25, -0.2) is 9.97 Å². The fourth-order valence-corrected chi connectivity index (χ4v) is 1.94. The van der Waals surface area contributed by atoms with Crippen LogP contribution in [0.1, 0.15) is 10.4 Å². The van der Waals surface area contributed by atoms with Crippen LogP contribution in [-0.4, -0.2) is 36.2 Å². The van der Waals surface area contributed by atoms with E-state index in [1.54, 1.807) is 18.2 Å². The number of benzene rings is 1. The van der Waals surface area contributed by atoms with Gasteiger partial charge in [0.25, 0.3) is 5.91 Å². The summed E-state index contributed by atoms with van der Waals surface area (Å²) < 4.78 is 15.8. The Hall–Kier alpha value is -2.83. The van der Waals surface area contributed by atoms with Gasteiger partial charge < -0.3 is 19.5 Å². The molecule has 0 unspecified atom stereocenters. The summed E-state index contributed by atoms with van der Waals surface area (Å²) in [4.78, 5) is 20.2. The molecule has 3 rings (SSSR count). The summed E-state index contributed by atoms with van der Waals surface area (Å²) in [5, 5.41) is 2.70. The number of methoxy groups -OCH3 is 1. The van der Waals surface area contributed by atoms with Crippen molar-refractivity contribution >= 4 is 11.6 Å². The molecule has 1 amide bonds. The number of hydrogen-bond donors (Lipinski definition) is 1. The van der Waals surface area contributed by atoms with Gasteiger partial charge >= 0.3 is 6.01 Å². The number of hydrogen-bond acceptors (Lipinski definition) is 6. The second kappa shape index (κ2) is 5.66. The summed E-state index contributed by atoms with van der Waals surface area (Å²) in [5.74, 6) is 0.710. The first-order chi connectivity index (χ1) is 10.3. The number of anilines is 1. The number of nitrogens with one attached hydrogen (secondary N) is 1. The molecule has 0 fully saturated rings. The Bertz CT molecular complexity index is 658. The molecule has 2 heterocycles. The van der Waals surface area contributed by atoms with Crippen molar-refractivity contribution in [3.63, 3.8) is 0 Å². The van der Waals surface area contributed by atoms with Crippen LogP contribution in [-0.2, 0) is 0 Å². The van der Waals surface area contributed by atoms with Crippen molar-refractivity contribution in [2.75, 3.05) is 25.6 Å². The van der Waals surface area contributed by atoms with E-state index in [0.29, 0.717) is 36.0 Å². The van der Waals surface area contributed by atoms with Crippen LogP contribution < -0.4 is 19.5 Å². The molecule has 0 saturated carbocycles. The number of para-hydroxylation sites is 1. The first-order valence-electron chi connectivity index (χ1n) is 6.34. The molecular formula is C14H13N3O4. The molecule has 21 heavy (non-hydrogen) atoms. The van der Waals surface area contributed by atoms with Gasteiger partial charge in [-0.1, -0.05) is 6.07 Å². The topological polar surface area (TPSA) is 82.6 Å². The molecule has 0 spiro atoms. The summed E-state index contributed by atoms with van der Waals surface area (Å²) >= 11 is 0. The molecule has 1 aliphatic heterocycles. The second-order valence-corrected chi connectivity index (χ2v) is 4.24. The van der Waals surface area contributed by atoms with E-state index >= 15 is 0 Å². The highest BCUT2D eigenvalue weighted by molar-refractivity contribution is 6.06. The van der Waals surface area contributed by atoms with Gasteiger partial charge in [-0.2, -0.15) is 0 Å². The minimum Gasteiger partial charge on any atom is -0.486 e. The van der Waals surface area contributed by atoms with Gasteiger partial charge in [0, 0.05) is 0 Å². The van der Waals surface area contributed by atoms with Crippen molar-refractivity contribution in [2.45, 2.75) is 0 Å². The van der Waals surface area contributed by atoms with E-state index in [4.69, 9.17) is 14.2 Å². The van der Waals surface area contributed by atoms with Gasteiger partial charge in [0.05, 0.1) is 30.8 Å². The minimum absolute atomic E-state index is 0.238. The molecule has 1 aliphatic rings. The van der Waals surface area contributed by atoms with Crippen LogP contribution in [0.25, 0.3) is 0 Å². The van der Waals surface area contributed by atoms with E-state index in [9.17, 15) is 4.79 Å². The fourth-order valence-electron chi connectivity index (χ4n) is 1.94. The van der Waals surface area contributed by atoms with E-state index in [1.165, 1.54) is 19.5 Å². The molecule has 0 bridgehead atoms. The summed E-state index contributed by atoms with van der Waals surface area (Å²) in [6, 6.07) is 5.42. The van der Waals surface area contributed by atoms with Crippen molar-refractivity contribution in [3.05, 3.63) is 36.2 Å². The minimum atomic E-state index is -0.314. The van der Waals surface area contributed by atoms with Gasteiger partial charge in [0.2, 0.25) is 0 Å². The lowest BCUT2D eigenvalue weighted by Crippen LogP contribution is -2.20. The normalized spacial score (nSPS) is 12.6. The van der Waals surface area contributed by atoms with E-state index in [1.807, 2.05) is 0 Å². The predicted octanol–water partition coefficient (Wildman–Crippen LogP) is 1.51. The maximum absolute atomic E-state index is 12.3. The Balaban J connectivity index is 1.82. The second-order valence-electron chi connectivity index (χ2n) is 4.24. The Labute approximate surface area is 120 Å². The monoisotopic (exact) mass is 287 g/mol. The van der Waals surface area contributed by atoms with Gasteiger partial charge in [0.1, 0.15) is 13.2 Å². The highest BCUT2D eigenvalue weighted by Gasteiger charge is 2.20. The Morgan fingerprint density at radius 1 is 1.24 bits per heavy atom. The van der Waals surface area contributed by atoms with Gasteiger partial charge in [-0.3, -0.25) is 4.79 Å². The number of rotatable bonds is 3. The number of nitrogens with zero attached hydrogens (tertiary/aromatic N) is 2. The molecule has 7 nitrogen and oxygen atoms in total. The van der Waals surface area contributed by atoms with Gasteiger partial charge in [-0.05, 0) is 12.1 Å². The van der Waals surface area contributed by atoms with Crippen molar-refractivity contribution in [2.24, 2.45) is 0 Å². The molecule has 108 valence electrons. The Morgan fingerprint density at radius 2 is 2.00 bits per heavy atom. The maximum atomic E-state index is 12.3. The van der Waals surface area contributed by atoms with Crippen molar-refractivity contribution in [3.8, 4) is 17.5 Å². The number of fused-ring (bicyclic) bond motifs is 1. The summed E-state index contributed by atoms with van der Waals surface area (Å²) in [6.45, 7) is 0.896. The molecule has 0 saturated heterocycles. The molecule has 1 aromatic carbocycles. The van der Waals surface area contributed by atoms with Crippen LogP contribution >= 0.6 is 0 Å². The molecule has 1 N–H and O–H groups in total. The Morgan fingerprint density at radius 3 is 2.76 bits per heavy atom. The quantitative estimate of drug-likeness (QED) is 0.921. The van der Waals surface area contributed by atoms with E-state index in [2.05, 4.69) is 15.3 Å². The third-order valence-electron chi connectivity index (χ3n) is 2.88. The fraction of sp³-hybridized carbons (Fsp3) is 0.214. The highest BCUT2D eigenvalue weighted by atomic mass is 16.6. The summed E-state index contributed by atoms with van der Waals surface area (Å²) in [5.41, 5.74) is 0.873.